The number of nitrogens with zero attached hydrogens (tertiary/aromatic N) is 1. The summed E-state index contributed by atoms with van der Waals surface area (Å²) < 4.78 is 21.6. The van der Waals surface area contributed by atoms with Crippen molar-refractivity contribution >= 4 is 11.9 Å². The smallest absolute Gasteiger partial charge is 0.328 e. The Morgan fingerprint density at radius 2 is 2.08 bits per heavy atom. The molecule has 0 aliphatic carbocycles. The highest BCUT2D eigenvalue weighted by molar-refractivity contribution is 5.94. The zero-order chi connectivity index (χ0) is 18.5. The molecule has 7 nitrogen and oxygen atoms in total. The van der Waals surface area contributed by atoms with E-state index in [4.69, 9.17) is 18.9 Å². The van der Waals surface area contributed by atoms with Crippen LogP contribution in [-0.2, 0) is 19.1 Å². The predicted octanol–water partition coefficient (Wildman–Crippen LogP) is 1.91. The zero-order valence-electron chi connectivity index (χ0n) is 15.0. The standard InChI is InChI=1S/C19H23NO6/c1-23-16-7-3-4-8-17(16)26-14-11-18(21)20(12-14)15(19(22)24-2)10-13-6-5-9-25-13/h3-4,7-8,11,13,15H,5-6,9-10,12H2,1-2H3/t13?,15-/m0/s1. The molecule has 0 aromatic heterocycles. The quantitative estimate of drug-likeness (QED) is 0.691. The predicted molar refractivity (Wildman–Crippen MR) is 92.8 cm³/mol. The first kappa shape index (κ1) is 18.3. The van der Waals surface area contributed by atoms with Crippen LogP contribution in [0.4, 0.5) is 0 Å². The Kier molecular flexibility index (Phi) is 5.78. The highest BCUT2D eigenvalue weighted by atomic mass is 16.5. The second-order valence-corrected chi connectivity index (χ2v) is 6.24. The van der Waals surface area contributed by atoms with Crippen molar-refractivity contribution in [1.82, 2.24) is 4.90 Å². The van der Waals surface area contributed by atoms with E-state index >= 15 is 0 Å². The van der Waals surface area contributed by atoms with E-state index in [1.807, 2.05) is 12.1 Å². The first-order chi connectivity index (χ1) is 12.6. The van der Waals surface area contributed by atoms with Gasteiger partial charge in [0.2, 0.25) is 0 Å². The van der Waals surface area contributed by atoms with Crippen molar-refractivity contribution in [3.8, 4) is 11.5 Å². The molecule has 7 heteroatoms. The van der Waals surface area contributed by atoms with Gasteiger partial charge in [0.05, 0.1) is 26.9 Å². The van der Waals surface area contributed by atoms with Gasteiger partial charge in [-0.05, 0) is 25.0 Å². The zero-order valence-corrected chi connectivity index (χ0v) is 15.0. The van der Waals surface area contributed by atoms with Gasteiger partial charge < -0.3 is 23.8 Å². The van der Waals surface area contributed by atoms with Gasteiger partial charge in [-0.3, -0.25) is 4.79 Å². The Balaban J connectivity index is 1.70. The minimum atomic E-state index is -0.689. The summed E-state index contributed by atoms with van der Waals surface area (Å²) in [5.41, 5.74) is 0. The van der Waals surface area contributed by atoms with Gasteiger partial charge in [0.15, 0.2) is 11.5 Å². The lowest BCUT2D eigenvalue weighted by Gasteiger charge is -2.27. The Labute approximate surface area is 152 Å². The van der Waals surface area contributed by atoms with E-state index in [-0.39, 0.29) is 18.6 Å². The van der Waals surface area contributed by atoms with Crippen LogP contribution >= 0.6 is 0 Å². The third-order valence-electron chi connectivity index (χ3n) is 4.56. The van der Waals surface area contributed by atoms with Crippen LogP contribution in [0.25, 0.3) is 0 Å². The molecule has 1 saturated heterocycles. The number of esters is 1. The fourth-order valence-corrected chi connectivity index (χ4v) is 3.25. The van der Waals surface area contributed by atoms with E-state index in [1.165, 1.54) is 18.1 Å². The van der Waals surface area contributed by atoms with Gasteiger partial charge in [-0.15, -0.1) is 0 Å². The van der Waals surface area contributed by atoms with Crippen LogP contribution in [0.3, 0.4) is 0 Å². The minimum Gasteiger partial charge on any atom is -0.493 e. The number of amides is 1. The maximum absolute atomic E-state index is 12.5. The Morgan fingerprint density at radius 1 is 1.31 bits per heavy atom. The van der Waals surface area contributed by atoms with E-state index in [0.29, 0.717) is 30.3 Å². The molecule has 2 atom stereocenters. The van der Waals surface area contributed by atoms with Crippen molar-refractivity contribution in [3.05, 3.63) is 36.1 Å². The lowest BCUT2D eigenvalue weighted by atomic mass is 10.1. The van der Waals surface area contributed by atoms with Crippen LogP contribution in [0.15, 0.2) is 36.1 Å². The summed E-state index contributed by atoms with van der Waals surface area (Å²) in [6.45, 7) is 0.885. The lowest BCUT2D eigenvalue weighted by Crippen LogP contribution is -2.45. The molecule has 140 valence electrons. The van der Waals surface area contributed by atoms with Crippen molar-refractivity contribution in [2.24, 2.45) is 0 Å². The second kappa shape index (κ2) is 8.23. The molecule has 0 saturated carbocycles. The molecule has 26 heavy (non-hydrogen) atoms. The van der Waals surface area contributed by atoms with E-state index in [0.717, 1.165) is 12.8 Å². The first-order valence-electron chi connectivity index (χ1n) is 8.64. The summed E-state index contributed by atoms with van der Waals surface area (Å²) in [7, 11) is 2.88. The number of hydrogen-bond donors (Lipinski definition) is 0. The van der Waals surface area contributed by atoms with Gasteiger partial charge in [-0.1, -0.05) is 12.1 Å². The molecule has 0 spiro atoms. The van der Waals surface area contributed by atoms with Crippen molar-refractivity contribution in [1.29, 1.82) is 0 Å². The minimum absolute atomic E-state index is 0.0360. The largest absolute Gasteiger partial charge is 0.493 e. The fraction of sp³-hybridized carbons (Fsp3) is 0.474. The number of hydrogen-bond acceptors (Lipinski definition) is 6. The molecule has 1 fully saturated rings. The monoisotopic (exact) mass is 361 g/mol. The van der Waals surface area contributed by atoms with Crippen molar-refractivity contribution in [2.75, 3.05) is 27.4 Å². The number of carbonyl (C=O) groups excluding carboxylic acids is 2. The molecule has 1 aromatic carbocycles. The third kappa shape index (κ3) is 3.99. The normalized spacial score (nSPS) is 20.7. The number of benzene rings is 1. The number of ether oxygens (including phenoxy) is 4. The van der Waals surface area contributed by atoms with E-state index in [1.54, 1.807) is 19.2 Å². The average molecular weight is 361 g/mol. The average Bonchev–Trinajstić information content (AvgIpc) is 3.29. The van der Waals surface area contributed by atoms with Crippen LogP contribution in [0.5, 0.6) is 11.5 Å². The molecule has 3 rings (SSSR count). The van der Waals surface area contributed by atoms with E-state index < -0.39 is 12.0 Å². The Hall–Kier alpha value is -2.54. The summed E-state index contributed by atoms with van der Waals surface area (Å²) in [4.78, 5) is 26.2. The van der Waals surface area contributed by atoms with E-state index in [2.05, 4.69) is 0 Å². The summed E-state index contributed by atoms with van der Waals surface area (Å²) in [5.74, 6) is 0.831. The molecule has 2 aliphatic rings. The molecule has 0 bridgehead atoms. The summed E-state index contributed by atoms with van der Waals surface area (Å²) in [6.07, 6.45) is 3.64. The van der Waals surface area contributed by atoms with Crippen LogP contribution in [-0.4, -0.2) is 56.3 Å². The molecular formula is C19H23NO6. The summed E-state index contributed by atoms with van der Waals surface area (Å²) in [6, 6.07) is 6.50. The molecule has 1 amide bonds. The van der Waals surface area contributed by atoms with E-state index in [9.17, 15) is 9.59 Å². The van der Waals surface area contributed by atoms with Gasteiger partial charge in [-0.25, -0.2) is 4.79 Å². The summed E-state index contributed by atoms with van der Waals surface area (Å²) >= 11 is 0. The van der Waals surface area contributed by atoms with Gasteiger partial charge >= 0.3 is 5.97 Å². The van der Waals surface area contributed by atoms with Crippen molar-refractivity contribution in [3.63, 3.8) is 0 Å². The van der Waals surface area contributed by atoms with Crippen molar-refractivity contribution in [2.45, 2.75) is 31.4 Å². The number of carbonyl (C=O) groups is 2. The van der Waals surface area contributed by atoms with Gasteiger partial charge in [0, 0.05) is 19.1 Å². The van der Waals surface area contributed by atoms with Gasteiger partial charge in [-0.2, -0.15) is 0 Å². The van der Waals surface area contributed by atoms with Crippen LogP contribution < -0.4 is 9.47 Å². The highest BCUT2D eigenvalue weighted by Gasteiger charge is 2.37. The molecule has 2 aliphatic heterocycles. The van der Waals surface area contributed by atoms with Gasteiger partial charge in [0.1, 0.15) is 11.8 Å². The molecule has 0 N–H and O–H groups in total. The van der Waals surface area contributed by atoms with Gasteiger partial charge in [0.25, 0.3) is 5.91 Å². The fourth-order valence-electron chi connectivity index (χ4n) is 3.25. The molecule has 2 heterocycles. The number of rotatable bonds is 7. The first-order valence-corrected chi connectivity index (χ1v) is 8.64. The SMILES string of the molecule is COC(=O)[C@H](CC1CCCO1)N1CC(Oc2ccccc2OC)=CC1=O. The summed E-state index contributed by atoms with van der Waals surface area (Å²) in [5, 5.41) is 0. The number of para-hydroxylation sites is 2. The molecule has 1 unspecified atom stereocenters. The topological polar surface area (TPSA) is 74.3 Å². The lowest BCUT2D eigenvalue weighted by molar-refractivity contribution is -0.152. The third-order valence-corrected chi connectivity index (χ3v) is 4.56. The molecule has 0 radical (unpaired) electrons. The Bertz CT molecular complexity index is 695. The van der Waals surface area contributed by atoms with Crippen LogP contribution in [0, 0.1) is 0 Å². The maximum Gasteiger partial charge on any atom is 0.328 e. The highest BCUT2D eigenvalue weighted by Crippen LogP contribution is 2.30. The second-order valence-electron chi connectivity index (χ2n) is 6.24. The Morgan fingerprint density at radius 3 is 2.73 bits per heavy atom. The maximum atomic E-state index is 12.5. The number of methoxy groups -OCH3 is 2. The van der Waals surface area contributed by atoms with Crippen LogP contribution in [0.1, 0.15) is 19.3 Å². The van der Waals surface area contributed by atoms with Crippen molar-refractivity contribution < 1.29 is 28.5 Å². The molecular weight excluding hydrogens is 338 g/mol. The molecule has 1 aromatic rings. The van der Waals surface area contributed by atoms with Crippen LogP contribution in [0.2, 0.25) is 0 Å².